The molecule has 0 saturated carbocycles. The summed E-state index contributed by atoms with van der Waals surface area (Å²) in [6.45, 7) is -0.230. The number of fused-ring (bicyclic) bond motifs is 3. The summed E-state index contributed by atoms with van der Waals surface area (Å²) >= 11 is 1.44. The largest absolute Gasteiger partial charge is 0.347 e. The number of anilines is 2. The lowest BCUT2D eigenvalue weighted by Crippen LogP contribution is -2.33. The molecule has 0 unspecified atom stereocenters. The summed E-state index contributed by atoms with van der Waals surface area (Å²) in [6.07, 6.45) is 2.85. The molecule has 132 valence electrons. The molecule has 4 aromatic heterocycles. The van der Waals surface area contributed by atoms with E-state index in [1.165, 1.54) is 23.9 Å². The molecule has 26 heavy (non-hydrogen) atoms. The zero-order valence-corrected chi connectivity index (χ0v) is 14.8. The Morgan fingerprint density at radius 3 is 2.92 bits per heavy atom. The van der Waals surface area contributed by atoms with Crippen LogP contribution in [0.4, 0.5) is 11.8 Å². The van der Waals surface area contributed by atoms with Crippen LogP contribution in [0.25, 0.3) is 15.9 Å². The van der Waals surface area contributed by atoms with Crippen LogP contribution in [0.1, 0.15) is 0 Å². The molecule has 11 heteroatoms. The summed E-state index contributed by atoms with van der Waals surface area (Å²) in [5.74, 6) is 0.466. The highest BCUT2D eigenvalue weighted by atomic mass is 32.1. The summed E-state index contributed by atoms with van der Waals surface area (Å²) in [6, 6.07) is 3.33. The van der Waals surface area contributed by atoms with Crippen molar-refractivity contribution in [3.63, 3.8) is 0 Å². The third kappa shape index (κ3) is 2.67. The van der Waals surface area contributed by atoms with Crippen molar-refractivity contribution in [1.29, 1.82) is 0 Å². The normalized spacial score (nSPS) is 11.2. The van der Waals surface area contributed by atoms with Crippen molar-refractivity contribution in [3.05, 3.63) is 40.5 Å². The Morgan fingerprint density at radius 2 is 2.19 bits per heavy atom. The van der Waals surface area contributed by atoms with E-state index < -0.39 is 5.91 Å². The van der Waals surface area contributed by atoms with Crippen LogP contribution in [0.3, 0.4) is 0 Å². The maximum Gasteiger partial charge on any atom is 0.291 e. The first kappa shape index (κ1) is 16.1. The first-order valence-electron chi connectivity index (χ1n) is 7.63. The van der Waals surface area contributed by atoms with Crippen molar-refractivity contribution < 1.29 is 4.79 Å². The van der Waals surface area contributed by atoms with Crippen LogP contribution in [0.2, 0.25) is 0 Å². The Balaban J connectivity index is 1.76. The summed E-state index contributed by atoms with van der Waals surface area (Å²) < 4.78 is 3.73. The summed E-state index contributed by atoms with van der Waals surface area (Å²) in [7, 11) is 3.63. The number of nitrogens with zero attached hydrogens (tertiary/aromatic N) is 7. The zero-order valence-electron chi connectivity index (χ0n) is 13.9. The van der Waals surface area contributed by atoms with Crippen LogP contribution in [-0.2, 0) is 11.3 Å². The van der Waals surface area contributed by atoms with Gasteiger partial charge in [-0.15, -0.1) is 16.4 Å². The number of aromatic nitrogens is 6. The molecule has 0 aromatic carbocycles. The van der Waals surface area contributed by atoms with Crippen LogP contribution in [0.15, 0.2) is 35.0 Å². The molecule has 4 aromatic rings. The van der Waals surface area contributed by atoms with Gasteiger partial charge in [0.25, 0.3) is 5.56 Å². The van der Waals surface area contributed by atoms with E-state index in [9.17, 15) is 9.59 Å². The van der Waals surface area contributed by atoms with Gasteiger partial charge in [-0.3, -0.25) is 14.0 Å². The third-order valence-electron chi connectivity index (χ3n) is 3.70. The van der Waals surface area contributed by atoms with Gasteiger partial charge in [-0.2, -0.15) is 0 Å². The molecule has 0 saturated heterocycles. The van der Waals surface area contributed by atoms with Gasteiger partial charge in [0, 0.05) is 20.3 Å². The molecular formula is C15H14N8O2S. The molecule has 10 nitrogen and oxygen atoms in total. The summed E-state index contributed by atoms with van der Waals surface area (Å²) in [4.78, 5) is 38.9. The maximum atomic E-state index is 12.8. The first-order chi connectivity index (χ1) is 12.5. The van der Waals surface area contributed by atoms with Crippen LogP contribution < -0.4 is 15.8 Å². The second kappa shape index (κ2) is 6.19. The number of hydrogen-bond acceptors (Lipinski definition) is 8. The van der Waals surface area contributed by atoms with E-state index in [1.54, 1.807) is 26.9 Å². The summed E-state index contributed by atoms with van der Waals surface area (Å²) in [5.41, 5.74) is 2.46. The third-order valence-corrected chi connectivity index (χ3v) is 4.47. The number of carbonyl (C=O) groups is 1. The molecule has 4 heterocycles. The number of hydrogen-bond donors (Lipinski definition) is 1. The fourth-order valence-corrected chi connectivity index (χ4v) is 3.28. The molecule has 1 amide bonds. The average Bonchev–Trinajstić information content (AvgIpc) is 3.19. The van der Waals surface area contributed by atoms with Crippen molar-refractivity contribution >= 4 is 44.9 Å². The Bertz CT molecular complexity index is 1160. The minimum atomic E-state index is -0.404. The van der Waals surface area contributed by atoms with Gasteiger partial charge in [0.2, 0.25) is 11.9 Å². The predicted molar refractivity (Wildman–Crippen MR) is 97.6 cm³/mol. The Kier molecular flexibility index (Phi) is 3.84. The topological polar surface area (TPSA) is 110 Å². The van der Waals surface area contributed by atoms with Gasteiger partial charge in [-0.25, -0.2) is 19.6 Å². The number of thiazole rings is 1. The molecule has 0 atom stereocenters. The van der Waals surface area contributed by atoms with E-state index >= 15 is 0 Å². The minimum Gasteiger partial charge on any atom is -0.347 e. The highest BCUT2D eigenvalue weighted by Crippen LogP contribution is 2.24. The standard InChI is InChI=1S/C15H14N8O2S/c1-21(2)15-20-22(6-12(24)19-11-3-4-16-7-17-11)14(25)9-5-10-13(23(9)15)18-8-26-10/h3-5,7-8H,6H2,1-2H3,(H,16,17,19,24). The molecule has 0 aliphatic heterocycles. The SMILES string of the molecule is CN(C)c1nn(CC(=O)Nc2ccncn2)c(=O)c2cc3scnc3n12. The highest BCUT2D eigenvalue weighted by Gasteiger charge is 2.18. The maximum absolute atomic E-state index is 12.8. The van der Waals surface area contributed by atoms with Gasteiger partial charge < -0.3 is 10.2 Å². The van der Waals surface area contributed by atoms with Crippen LogP contribution in [-0.4, -0.2) is 49.1 Å². The number of nitrogens with one attached hydrogen (secondary N) is 1. The molecular weight excluding hydrogens is 356 g/mol. The Hall–Kier alpha value is -3.34. The van der Waals surface area contributed by atoms with Gasteiger partial charge in [0.1, 0.15) is 24.2 Å². The average molecular weight is 370 g/mol. The van der Waals surface area contributed by atoms with E-state index in [0.717, 1.165) is 9.38 Å². The molecule has 0 aliphatic rings. The van der Waals surface area contributed by atoms with E-state index in [4.69, 9.17) is 0 Å². The van der Waals surface area contributed by atoms with Crippen LogP contribution in [0, 0.1) is 0 Å². The molecule has 0 radical (unpaired) electrons. The molecule has 0 spiro atoms. The van der Waals surface area contributed by atoms with E-state index in [1.807, 2.05) is 14.1 Å². The number of amides is 1. The lowest BCUT2D eigenvalue weighted by molar-refractivity contribution is -0.117. The fraction of sp³-hybridized carbons (Fsp3) is 0.200. The van der Waals surface area contributed by atoms with Crippen molar-refractivity contribution in [2.75, 3.05) is 24.3 Å². The molecule has 0 fully saturated rings. The molecule has 0 bridgehead atoms. The summed E-state index contributed by atoms with van der Waals surface area (Å²) in [5, 5.41) is 6.96. The molecule has 4 rings (SSSR count). The van der Waals surface area contributed by atoms with Crippen molar-refractivity contribution in [3.8, 4) is 0 Å². The van der Waals surface area contributed by atoms with E-state index in [0.29, 0.717) is 22.9 Å². The van der Waals surface area contributed by atoms with Gasteiger partial charge in [0.15, 0.2) is 5.65 Å². The van der Waals surface area contributed by atoms with Crippen LogP contribution >= 0.6 is 11.3 Å². The number of rotatable bonds is 4. The molecule has 0 aliphatic carbocycles. The lowest BCUT2D eigenvalue weighted by Gasteiger charge is -2.15. The van der Waals surface area contributed by atoms with Gasteiger partial charge >= 0.3 is 0 Å². The highest BCUT2D eigenvalue weighted by molar-refractivity contribution is 7.16. The fourth-order valence-electron chi connectivity index (χ4n) is 2.59. The number of carbonyl (C=O) groups excluding carboxylic acids is 1. The van der Waals surface area contributed by atoms with Gasteiger partial charge in [-0.1, -0.05) is 0 Å². The van der Waals surface area contributed by atoms with Crippen molar-refractivity contribution in [2.24, 2.45) is 0 Å². The second-order valence-electron chi connectivity index (χ2n) is 5.71. The smallest absolute Gasteiger partial charge is 0.291 e. The van der Waals surface area contributed by atoms with Crippen molar-refractivity contribution in [1.82, 2.24) is 29.1 Å². The van der Waals surface area contributed by atoms with E-state index in [2.05, 4.69) is 25.4 Å². The van der Waals surface area contributed by atoms with Gasteiger partial charge in [0.05, 0.1) is 10.2 Å². The molecule has 1 N–H and O–H groups in total. The zero-order chi connectivity index (χ0) is 18.3. The van der Waals surface area contributed by atoms with Crippen molar-refractivity contribution in [2.45, 2.75) is 6.54 Å². The van der Waals surface area contributed by atoms with Gasteiger partial charge in [-0.05, 0) is 12.1 Å². The Morgan fingerprint density at radius 1 is 1.35 bits per heavy atom. The van der Waals surface area contributed by atoms with Crippen LogP contribution in [0.5, 0.6) is 0 Å². The lowest BCUT2D eigenvalue weighted by atomic mass is 10.5. The van der Waals surface area contributed by atoms with E-state index in [-0.39, 0.29) is 12.1 Å². The predicted octanol–water partition coefficient (Wildman–Crippen LogP) is 0.600. The second-order valence-corrected chi connectivity index (χ2v) is 6.59. The first-order valence-corrected chi connectivity index (χ1v) is 8.51. The quantitative estimate of drug-likeness (QED) is 0.560. The monoisotopic (exact) mass is 370 g/mol. The minimum absolute atomic E-state index is 0.230. The Labute approximate surface area is 150 Å².